The quantitative estimate of drug-likeness (QED) is 0.654. The highest BCUT2D eigenvalue weighted by molar-refractivity contribution is 5.75. The van der Waals surface area contributed by atoms with E-state index in [1.807, 2.05) is 14.0 Å². The Kier molecular flexibility index (Phi) is 7.48. The van der Waals surface area contributed by atoms with Crippen molar-refractivity contribution in [3.8, 4) is 0 Å². The minimum atomic E-state index is 0.177. The number of amides is 1. The Morgan fingerprint density at radius 3 is 2.50 bits per heavy atom. The van der Waals surface area contributed by atoms with Gasteiger partial charge >= 0.3 is 0 Å². The maximum Gasteiger partial charge on any atom is 0.219 e. The number of carbonyl (C=O) groups excluding carboxylic acids is 1. The minimum Gasteiger partial charge on any atom is -0.356 e. The standard InChI is InChI=1S/C11H24N2O/c1-5-6-11(14)13-8-9(2)7-10(3)12-4/h9-10,12H,5-8H2,1-4H3,(H,13,14). The molecule has 0 aliphatic rings. The van der Waals surface area contributed by atoms with Gasteiger partial charge in [0.25, 0.3) is 0 Å². The molecule has 0 aromatic carbocycles. The second-order valence-electron chi connectivity index (χ2n) is 4.08. The molecule has 0 bridgehead atoms. The van der Waals surface area contributed by atoms with Gasteiger partial charge in [0.2, 0.25) is 5.91 Å². The Labute approximate surface area is 87.6 Å². The molecule has 84 valence electrons. The van der Waals surface area contributed by atoms with Crippen molar-refractivity contribution in [2.24, 2.45) is 5.92 Å². The molecule has 0 aromatic heterocycles. The Bertz CT molecular complexity index is 159. The molecule has 0 saturated heterocycles. The number of hydrogen-bond acceptors (Lipinski definition) is 2. The molecule has 14 heavy (non-hydrogen) atoms. The molecule has 0 radical (unpaired) electrons. The molecule has 0 spiro atoms. The van der Waals surface area contributed by atoms with Crippen LogP contribution in [0.4, 0.5) is 0 Å². The molecule has 0 aliphatic heterocycles. The molecule has 0 aliphatic carbocycles. The van der Waals surface area contributed by atoms with Crippen molar-refractivity contribution < 1.29 is 4.79 Å². The van der Waals surface area contributed by atoms with Crippen LogP contribution in [-0.2, 0) is 4.79 Å². The van der Waals surface area contributed by atoms with Crippen LogP contribution >= 0.6 is 0 Å². The molecular formula is C11H24N2O. The van der Waals surface area contributed by atoms with Crippen molar-refractivity contribution in [2.45, 2.75) is 46.1 Å². The normalized spacial score (nSPS) is 14.9. The van der Waals surface area contributed by atoms with Crippen LogP contribution in [-0.4, -0.2) is 25.5 Å². The zero-order valence-corrected chi connectivity index (χ0v) is 9.89. The van der Waals surface area contributed by atoms with E-state index in [4.69, 9.17) is 0 Å². The van der Waals surface area contributed by atoms with E-state index in [-0.39, 0.29) is 5.91 Å². The average Bonchev–Trinajstić information content (AvgIpc) is 2.15. The number of carbonyl (C=O) groups is 1. The van der Waals surface area contributed by atoms with Crippen LogP contribution in [0.2, 0.25) is 0 Å². The van der Waals surface area contributed by atoms with Crippen LogP contribution < -0.4 is 10.6 Å². The maximum absolute atomic E-state index is 11.2. The van der Waals surface area contributed by atoms with Crippen molar-refractivity contribution in [3.05, 3.63) is 0 Å². The highest BCUT2D eigenvalue weighted by Gasteiger charge is 2.08. The predicted octanol–water partition coefficient (Wildman–Crippen LogP) is 1.54. The molecule has 0 fully saturated rings. The number of rotatable bonds is 7. The molecule has 3 nitrogen and oxygen atoms in total. The summed E-state index contributed by atoms with van der Waals surface area (Å²) in [6.45, 7) is 7.14. The maximum atomic E-state index is 11.2. The first-order chi connectivity index (χ1) is 6.60. The third kappa shape index (κ3) is 6.89. The van der Waals surface area contributed by atoms with Crippen LogP contribution in [0.25, 0.3) is 0 Å². The van der Waals surface area contributed by atoms with Crippen molar-refractivity contribution in [1.82, 2.24) is 10.6 Å². The van der Waals surface area contributed by atoms with Gasteiger partial charge in [-0.05, 0) is 32.7 Å². The van der Waals surface area contributed by atoms with Gasteiger partial charge in [-0.1, -0.05) is 13.8 Å². The summed E-state index contributed by atoms with van der Waals surface area (Å²) in [7, 11) is 1.97. The van der Waals surface area contributed by atoms with Crippen LogP contribution in [0, 0.1) is 5.92 Å². The van der Waals surface area contributed by atoms with Gasteiger partial charge < -0.3 is 10.6 Å². The molecule has 3 heteroatoms. The van der Waals surface area contributed by atoms with Gasteiger partial charge in [-0.15, -0.1) is 0 Å². The lowest BCUT2D eigenvalue weighted by molar-refractivity contribution is -0.121. The summed E-state index contributed by atoms with van der Waals surface area (Å²) in [5.74, 6) is 0.717. The van der Waals surface area contributed by atoms with Crippen LogP contribution in [0.15, 0.2) is 0 Å². The highest BCUT2D eigenvalue weighted by atomic mass is 16.1. The van der Waals surface area contributed by atoms with E-state index in [1.165, 1.54) is 0 Å². The van der Waals surface area contributed by atoms with Gasteiger partial charge in [0.1, 0.15) is 0 Å². The summed E-state index contributed by atoms with van der Waals surface area (Å²) in [6.07, 6.45) is 2.67. The summed E-state index contributed by atoms with van der Waals surface area (Å²) in [4.78, 5) is 11.2. The first-order valence-electron chi connectivity index (χ1n) is 5.54. The van der Waals surface area contributed by atoms with Gasteiger partial charge in [-0.25, -0.2) is 0 Å². The lowest BCUT2D eigenvalue weighted by Crippen LogP contribution is -2.31. The molecule has 1 amide bonds. The Morgan fingerprint density at radius 2 is 2.00 bits per heavy atom. The van der Waals surface area contributed by atoms with Gasteiger partial charge in [-0.3, -0.25) is 4.79 Å². The first-order valence-corrected chi connectivity index (χ1v) is 5.54. The molecule has 2 N–H and O–H groups in total. The van der Waals surface area contributed by atoms with Gasteiger partial charge in [0, 0.05) is 19.0 Å². The largest absolute Gasteiger partial charge is 0.356 e. The molecule has 0 saturated carbocycles. The zero-order valence-electron chi connectivity index (χ0n) is 9.89. The fraction of sp³-hybridized carbons (Fsp3) is 0.909. The van der Waals surface area contributed by atoms with Crippen molar-refractivity contribution >= 4 is 5.91 Å². The van der Waals surface area contributed by atoms with Crippen molar-refractivity contribution in [1.29, 1.82) is 0 Å². The van der Waals surface area contributed by atoms with Gasteiger partial charge in [0.05, 0.1) is 0 Å². The number of hydrogen-bond donors (Lipinski definition) is 2. The van der Waals surface area contributed by atoms with E-state index in [0.29, 0.717) is 18.4 Å². The number of nitrogens with one attached hydrogen (secondary N) is 2. The van der Waals surface area contributed by atoms with Gasteiger partial charge in [0.15, 0.2) is 0 Å². The Morgan fingerprint density at radius 1 is 1.36 bits per heavy atom. The molecule has 2 atom stereocenters. The van der Waals surface area contributed by atoms with E-state index in [1.54, 1.807) is 0 Å². The van der Waals surface area contributed by atoms with Crippen LogP contribution in [0.5, 0.6) is 0 Å². The van der Waals surface area contributed by atoms with Crippen LogP contribution in [0.3, 0.4) is 0 Å². The van der Waals surface area contributed by atoms with Crippen molar-refractivity contribution in [3.63, 3.8) is 0 Å². The monoisotopic (exact) mass is 200 g/mol. The third-order valence-corrected chi connectivity index (χ3v) is 2.37. The highest BCUT2D eigenvalue weighted by Crippen LogP contribution is 2.04. The van der Waals surface area contributed by atoms with E-state index in [9.17, 15) is 4.79 Å². The topological polar surface area (TPSA) is 41.1 Å². The molecule has 0 aromatic rings. The molecule has 0 rings (SSSR count). The summed E-state index contributed by atoms with van der Waals surface area (Å²) in [6, 6.07) is 0.521. The zero-order chi connectivity index (χ0) is 11.0. The van der Waals surface area contributed by atoms with Crippen LogP contribution in [0.1, 0.15) is 40.0 Å². The summed E-state index contributed by atoms with van der Waals surface area (Å²) < 4.78 is 0. The Hall–Kier alpha value is -0.570. The second kappa shape index (κ2) is 7.80. The molecular weight excluding hydrogens is 176 g/mol. The summed E-state index contributed by atoms with van der Waals surface area (Å²) >= 11 is 0. The SMILES string of the molecule is CCCC(=O)NCC(C)CC(C)NC. The van der Waals surface area contributed by atoms with Gasteiger partial charge in [-0.2, -0.15) is 0 Å². The molecule has 2 unspecified atom stereocenters. The lowest BCUT2D eigenvalue weighted by Gasteiger charge is -2.17. The fourth-order valence-corrected chi connectivity index (χ4v) is 1.41. The Balaban J connectivity index is 3.52. The fourth-order valence-electron chi connectivity index (χ4n) is 1.41. The minimum absolute atomic E-state index is 0.177. The smallest absolute Gasteiger partial charge is 0.219 e. The lowest BCUT2D eigenvalue weighted by atomic mass is 10.0. The average molecular weight is 200 g/mol. The van der Waals surface area contributed by atoms with E-state index >= 15 is 0 Å². The summed E-state index contributed by atoms with van der Waals surface area (Å²) in [5, 5.41) is 6.14. The summed E-state index contributed by atoms with van der Waals surface area (Å²) in [5.41, 5.74) is 0. The van der Waals surface area contributed by atoms with E-state index in [2.05, 4.69) is 24.5 Å². The van der Waals surface area contributed by atoms with E-state index < -0.39 is 0 Å². The van der Waals surface area contributed by atoms with Crippen molar-refractivity contribution in [2.75, 3.05) is 13.6 Å². The molecule has 0 heterocycles. The first kappa shape index (κ1) is 13.4. The second-order valence-corrected chi connectivity index (χ2v) is 4.08. The van der Waals surface area contributed by atoms with E-state index in [0.717, 1.165) is 19.4 Å². The predicted molar refractivity (Wildman–Crippen MR) is 60.2 cm³/mol. The third-order valence-electron chi connectivity index (χ3n) is 2.37.